The minimum Gasteiger partial charge on any atom is -0.396 e. The van der Waals surface area contributed by atoms with Crippen molar-refractivity contribution >= 4 is 27.4 Å². The molecule has 0 aliphatic carbocycles. The van der Waals surface area contributed by atoms with E-state index in [1.165, 1.54) is 0 Å². The van der Waals surface area contributed by atoms with E-state index < -0.39 is 0 Å². The molecule has 2 N–H and O–H groups in total. The van der Waals surface area contributed by atoms with E-state index in [-0.39, 0.29) is 19.1 Å². The Labute approximate surface area is 213 Å². The maximum Gasteiger partial charge on any atom is 0.199 e. The number of aliphatic hydroxyl groups excluding tert-OH is 2. The van der Waals surface area contributed by atoms with Crippen LogP contribution in [0.4, 0.5) is 5.82 Å². The van der Waals surface area contributed by atoms with Crippen LogP contribution < -0.4 is 4.90 Å². The van der Waals surface area contributed by atoms with Gasteiger partial charge in [0.15, 0.2) is 11.6 Å². The van der Waals surface area contributed by atoms with E-state index in [1.807, 2.05) is 54.2 Å². The van der Waals surface area contributed by atoms with Gasteiger partial charge in [-0.1, -0.05) is 54.6 Å². The lowest BCUT2D eigenvalue weighted by molar-refractivity contribution is 0.238. The van der Waals surface area contributed by atoms with Crippen LogP contribution in [0.5, 0.6) is 0 Å². The zero-order valence-electron chi connectivity index (χ0n) is 20.0. The van der Waals surface area contributed by atoms with Gasteiger partial charge in [0.2, 0.25) is 0 Å². The summed E-state index contributed by atoms with van der Waals surface area (Å²) >= 11 is 1.62. The molecule has 182 valence electrons. The normalized spacial score (nSPS) is 15.8. The molecule has 1 aliphatic rings. The average Bonchev–Trinajstić information content (AvgIpc) is 3.66. The minimum atomic E-state index is -0.0417. The van der Waals surface area contributed by atoms with E-state index in [0.717, 1.165) is 62.7 Å². The Morgan fingerprint density at radius 3 is 2.56 bits per heavy atom. The standard InChI is InChI=1S/C28H27N5O2S/c1-32-14-12-29-27(32)25-30-26(33-13-11-18(15-33)16-34)23-22(19-7-3-2-4-8-19)24(36-28(23)31-25)21-10-6-5-9-20(21)17-35/h2-10,12,14,18,34-35H,11,13,15-17H2,1H3. The van der Waals surface area contributed by atoms with Crippen LogP contribution in [0.3, 0.4) is 0 Å². The smallest absolute Gasteiger partial charge is 0.199 e. The Morgan fingerprint density at radius 2 is 1.83 bits per heavy atom. The maximum atomic E-state index is 10.1. The van der Waals surface area contributed by atoms with Crippen molar-refractivity contribution in [3.63, 3.8) is 0 Å². The third kappa shape index (κ3) is 3.87. The molecule has 0 amide bonds. The van der Waals surface area contributed by atoms with Crippen molar-refractivity contribution in [2.24, 2.45) is 13.0 Å². The number of thiophene rings is 1. The van der Waals surface area contributed by atoms with Gasteiger partial charge in [-0.25, -0.2) is 15.0 Å². The van der Waals surface area contributed by atoms with Crippen LogP contribution in [0.15, 0.2) is 67.0 Å². The second-order valence-electron chi connectivity index (χ2n) is 9.18. The highest BCUT2D eigenvalue weighted by molar-refractivity contribution is 7.22. The number of nitrogens with zero attached hydrogens (tertiary/aromatic N) is 5. The summed E-state index contributed by atoms with van der Waals surface area (Å²) in [5.41, 5.74) is 4.03. The van der Waals surface area contributed by atoms with Crippen LogP contribution in [0.25, 0.3) is 43.4 Å². The summed E-state index contributed by atoms with van der Waals surface area (Å²) in [6, 6.07) is 18.3. The lowest BCUT2D eigenvalue weighted by Gasteiger charge is -2.20. The molecule has 0 saturated carbocycles. The summed E-state index contributed by atoms with van der Waals surface area (Å²) in [4.78, 5) is 18.9. The molecule has 1 unspecified atom stereocenters. The first-order chi connectivity index (χ1) is 17.7. The van der Waals surface area contributed by atoms with Gasteiger partial charge in [0.05, 0.1) is 12.0 Å². The number of hydrogen-bond acceptors (Lipinski definition) is 7. The third-order valence-electron chi connectivity index (χ3n) is 6.89. The van der Waals surface area contributed by atoms with Crippen molar-refractivity contribution in [1.82, 2.24) is 19.5 Å². The molecule has 1 atom stereocenters. The van der Waals surface area contributed by atoms with Crippen molar-refractivity contribution in [2.75, 3.05) is 24.6 Å². The molecule has 4 heterocycles. The number of anilines is 1. The SMILES string of the molecule is Cn1ccnc1-c1nc(N2CCC(CO)C2)c2c(-c3ccccc3)c(-c3ccccc3CO)sc2n1. The summed E-state index contributed by atoms with van der Waals surface area (Å²) in [6.45, 7) is 1.69. The van der Waals surface area contributed by atoms with Gasteiger partial charge in [-0.3, -0.25) is 0 Å². The largest absolute Gasteiger partial charge is 0.396 e. The van der Waals surface area contributed by atoms with Gasteiger partial charge in [-0.05, 0) is 23.1 Å². The van der Waals surface area contributed by atoms with E-state index in [4.69, 9.17) is 9.97 Å². The number of imidazole rings is 1. The minimum absolute atomic E-state index is 0.0417. The van der Waals surface area contributed by atoms with Crippen LogP contribution in [0, 0.1) is 5.92 Å². The summed E-state index contributed by atoms with van der Waals surface area (Å²) in [5.74, 6) is 2.39. The fourth-order valence-electron chi connectivity index (χ4n) is 5.02. The monoisotopic (exact) mass is 497 g/mol. The molecule has 6 rings (SSSR count). The van der Waals surface area contributed by atoms with Crippen LogP contribution in [0.2, 0.25) is 0 Å². The van der Waals surface area contributed by atoms with Crippen LogP contribution in [-0.4, -0.2) is 49.4 Å². The Morgan fingerprint density at radius 1 is 1.03 bits per heavy atom. The first-order valence-electron chi connectivity index (χ1n) is 12.1. The first kappa shape index (κ1) is 22.8. The molecule has 36 heavy (non-hydrogen) atoms. The maximum absolute atomic E-state index is 10.1. The predicted octanol–water partition coefficient (Wildman–Crippen LogP) is 4.74. The molecule has 2 aromatic carbocycles. The number of aromatic nitrogens is 4. The van der Waals surface area contributed by atoms with Crippen molar-refractivity contribution in [3.05, 3.63) is 72.6 Å². The number of rotatable bonds is 6. The van der Waals surface area contributed by atoms with Gasteiger partial charge in [0, 0.05) is 55.5 Å². The van der Waals surface area contributed by atoms with E-state index in [9.17, 15) is 10.2 Å². The number of aliphatic hydroxyl groups is 2. The van der Waals surface area contributed by atoms with Gasteiger partial charge in [-0.15, -0.1) is 11.3 Å². The van der Waals surface area contributed by atoms with Crippen molar-refractivity contribution in [1.29, 1.82) is 0 Å². The molecular formula is C28H27N5O2S. The molecular weight excluding hydrogens is 470 g/mol. The van der Waals surface area contributed by atoms with Gasteiger partial charge < -0.3 is 19.7 Å². The lowest BCUT2D eigenvalue weighted by atomic mass is 9.97. The van der Waals surface area contributed by atoms with Crippen LogP contribution in [-0.2, 0) is 13.7 Å². The highest BCUT2D eigenvalue weighted by atomic mass is 32.1. The third-order valence-corrected chi connectivity index (χ3v) is 8.01. The number of aryl methyl sites for hydroxylation is 1. The zero-order chi connectivity index (χ0) is 24.6. The molecule has 0 radical (unpaired) electrons. The summed E-state index contributed by atoms with van der Waals surface area (Å²) in [7, 11) is 1.94. The second kappa shape index (κ2) is 9.46. The fraction of sp³-hybridized carbons (Fsp3) is 0.250. The molecule has 1 saturated heterocycles. The molecule has 7 nitrogen and oxygen atoms in total. The average molecular weight is 498 g/mol. The topological polar surface area (TPSA) is 87.3 Å². The van der Waals surface area contributed by atoms with Crippen molar-refractivity contribution in [2.45, 2.75) is 13.0 Å². The molecule has 1 fully saturated rings. The van der Waals surface area contributed by atoms with Gasteiger partial charge in [0.1, 0.15) is 10.6 Å². The van der Waals surface area contributed by atoms with Gasteiger partial charge in [0.25, 0.3) is 0 Å². The Bertz CT molecular complexity index is 1530. The molecule has 8 heteroatoms. The predicted molar refractivity (Wildman–Crippen MR) is 144 cm³/mol. The summed E-state index contributed by atoms with van der Waals surface area (Å²) in [5, 5.41) is 21.0. The number of hydrogen-bond donors (Lipinski definition) is 2. The number of benzene rings is 2. The number of fused-ring (bicyclic) bond motifs is 1. The van der Waals surface area contributed by atoms with Gasteiger partial charge >= 0.3 is 0 Å². The fourth-order valence-corrected chi connectivity index (χ4v) is 6.27. The van der Waals surface area contributed by atoms with E-state index in [0.29, 0.717) is 11.6 Å². The van der Waals surface area contributed by atoms with E-state index in [2.05, 4.69) is 28.1 Å². The zero-order valence-corrected chi connectivity index (χ0v) is 20.8. The Hall–Kier alpha value is -3.59. The lowest BCUT2D eigenvalue weighted by Crippen LogP contribution is -2.22. The van der Waals surface area contributed by atoms with E-state index in [1.54, 1.807) is 17.5 Å². The molecule has 0 bridgehead atoms. The molecule has 0 spiro atoms. The van der Waals surface area contributed by atoms with Crippen molar-refractivity contribution in [3.8, 4) is 33.2 Å². The second-order valence-corrected chi connectivity index (χ2v) is 10.2. The molecule has 5 aromatic rings. The Balaban J connectivity index is 1.69. The van der Waals surface area contributed by atoms with E-state index >= 15 is 0 Å². The highest BCUT2D eigenvalue weighted by Gasteiger charge is 2.29. The summed E-state index contributed by atoms with van der Waals surface area (Å²) < 4.78 is 1.93. The van der Waals surface area contributed by atoms with Crippen molar-refractivity contribution < 1.29 is 10.2 Å². The van der Waals surface area contributed by atoms with Crippen LogP contribution in [0.1, 0.15) is 12.0 Å². The molecule has 1 aliphatic heterocycles. The first-order valence-corrected chi connectivity index (χ1v) is 12.9. The quantitative estimate of drug-likeness (QED) is 0.353. The summed E-state index contributed by atoms with van der Waals surface area (Å²) in [6.07, 6.45) is 4.57. The van der Waals surface area contributed by atoms with Gasteiger partial charge in [-0.2, -0.15) is 0 Å². The Kier molecular flexibility index (Phi) is 6.00. The highest BCUT2D eigenvalue weighted by Crippen LogP contribution is 2.48. The molecule has 3 aromatic heterocycles. The van der Waals surface area contributed by atoms with Crippen LogP contribution >= 0.6 is 11.3 Å².